The van der Waals surface area contributed by atoms with Gasteiger partial charge in [-0.15, -0.1) is 0 Å². The van der Waals surface area contributed by atoms with Gasteiger partial charge >= 0.3 is 6.18 Å². The Bertz CT molecular complexity index is 1390. The minimum absolute atomic E-state index is 0.0974. The molecule has 4 rings (SSSR count). The van der Waals surface area contributed by atoms with Gasteiger partial charge in [-0.05, 0) is 30.3 Å². The smallest absolute Gasteiger partial charge is 0.323 e. The normalized spacial score (nSPS) is 11.7. The minimum Gasteiger partial charge on any atom is -0.323 e. The molecule has 0 unspecified atom stereocenters. The van der Waals surface area contributed by atoms with Crippen LogP contribution in [0.3, 0.4) is 0 Å². The molecule has 8 nitrogen and oxygen atoms in total. The highest BCUT2D eigenvalue weighted by molar-refractivity contribution is 6.38. The van der Waals surface area contributed by atoms with E-state index in [4.69, 9.17) is 23.2 Å². The molecule has 0 atom stereocenters. The maximum absolute atomic E-state index is 13.2. The summed E-state index contributed by atoms with van der Waals surface area (Å²) in [6, 6.07) is 5.57. The van der Waals surface area contributed by atoms with E-state index in [2.05, 4.69) is 20.4 Å². The largest absolute Gasteiger partial charge is 0.416 e. The highest BCUT2D eigenvalue weighted by Gasteiger charge is 2.31. The molecule has 0 saturated carbocycles. The number of carbonyl (C=O) groups is 1. The number of hydrogen-bond donors (Lipinski definition) is 1. The van der Waals surface area contributed by atoms with E-state index in [0.717, 1.165) is 29.1 Å². The second-order valence-electron chi connectivity index (χ2n) is 6.58. The lowest BCUT2D eigenvalue weighted by atomic mass is 10.1. The molecule has 0 saturated heterocycles. The van der Waals surface area contributed by atoms with Crippen LogP contribution in [0.5, 0.6) is 0 Å². The molecule has 164 valence electrons. The van der Waals surface area contributed by atoms with Crippen molar-refractivity contribution in [2.75, 3.05) is 5.32 Å². The number of nitrogens with one attached hydrogen (secondary N) is 1. The molecule has 2 heterocycles. The Labute approximate surface area is 187 Å². The second kappa shape index (κ2) is 8.24. The number of hydrogen-bond acceptors (Lipinski definition) is 5. The summed E-state index contributed by atoms with van der Waals surface area (Å²) >= 11 is 12.0. The molecule has 0 spiro atoms. The molecule has 2 aromatic heterocycles. The summed E-state index contributed by atoms with van der Waals surface area (Å²) in [6.07, 6.45) is -1.05. The zero-order valence-electron chi connectivity index (χ0n) is 15.8. The quantitative estimate of drug-likeness (QED) is 0.475. The lowest BCUT2D eigenvalue weighted by molar-refractivity contribution is -0.137. The Morgan fingerprint density at radius 2 is 1.91 bits per heavy atom. The number of rotatable bonds is 4. The van der Waals surface area contributed by atoms with E-state index in [1.54, 1.807) is 0 Å². The van der Waals surface area contributed by atoms with E-state index >= 15 is 0 Å². The number of nitrogens with zero attached hydrogens (tertiary/aromatic N) is 5. The fourth-order valence-corrected chi connectivity index (χ4v) is 3.54. The van der Waals surface area contributed by atoms with Gasteiger partial charge in [0.2, 0.25) is 5.91 Å². The fourth-order valence-electron chi connectivity index (χ4n) is 3.00. The van der Waals surface area contributed by atoms with Crippen LogP contribution in [0.15, 0.2) is 54.1 Å². The van der Waals surface area contributed by atoms with Crippen LogP contribution < -0.4 is 10.9 Å². The van der Waals surface area contributed by atoms with Gasteiger partial charge in [0.15, 0.2) is 0 Å². The van der Waals surface area contributed by atoms with Gasteiger partial charge in [-0.2, -0.15) is 18.3 Å². The van der Waals surface area contributed by atoms with Gasteiger partial charge in [-0.3, -0.25) is 14.2 Å². The molecule has 4 aromatic rings. The summed E-state index contributed by atoms with van der Waals surface area (Å²) in [6.45, 7) is -0.515. The summed E-state index contributed by atoms with van der Waals surface area (Å²) in [5.41, 5.74) is -1.35. The summed E-state index contributed by atoms with van der Waals surface area (Å²) in [5, 5.41) is 6.75. The molecular formula is C19H11Cl2F3N6O2. The first-order chi connectivity index (χ1) is 15.1. The summed E-state index contributed by atoms with van der Waals surface area (Å²) < 4.78 is 41.7. The Hall–Kier alpha value is -3.44. The predicted octanol–water partition coefficient (Wildman–Crippen LogP) is 3.94. The molecule has 1 N–H and O–H groups in total. The molecule has 0 aliphatic carbocycles. The first-order valence-electron chi connectivity index (χ1n) is 8.84. The highest BCUT2D eigenvalue weighted by atomic mass is 35.5. The van der Waals surface area contributed by atoms with Gasteiger partial charge < -0.3 is 5.32 Å². The van der Waals surface area contributed by atoms with Crippen LogP contribution in [0.2, 0.25) is 10.0 Å². The molecule has 0 aliphatic rings. The van der Waals surface area contributed by atoms with Gasteiger partial charge in [0.05, 0.1) is 39.2 Å². The zero-order chi connectivity index (χ0) is 23.0. The van der Waals surface area contributed by atoms with Crippen molar-refractivity contribution in [3.63, 3.8) is 0 Å². The fraction of sp³-hybridized carbons (Fsp3) is 0.105. The number of amides is 1. The molecule has 0 bridgehead atoms. The Morgan fingerprint density at radius 1 is 1.12 bits per heavy atom. The topological polar surface area (TPSA) is 94.7 Å². The van der Waals surface area contributed by atoms with E-state index in [9.17, 15) is 22.8 Å². The number of carbonyl (C=O) groups excluding carboxylic acids is 1. The van der Waals surface area contributed by atoms with Crippen LogP contribution in [-0.4, -0.2) is 30.2 Å². The maximum atomic E-state index is 13.2. The van der Waals surface area contributed by atoms with Crippen LogP contribution in [0, 0.1) is 0 Å². The lowest BCUT2D eigenvalue weighted by Gasteiger charge is -2.15. The van der Waals surface area contributed by atoms with Crippen molar-refractivity contribution in [2.24, 2.45) is 0 Å². The summed E-state index contributed by atoms with van der Waals surface area (Å²) in [5.74, 6) is -0.762. The third-order valence-electron chi connectivity index (χ3n) is 4.42. The summed E-state index contributed by atoms with van der Waals surface area (Å²) in [7, 11) is 0. The summed E-state index contributed by atoms with van der Waals surface area (Å²) in [4.78, 5) is 33.1. The zero-order valence-corrected chi connectivity index (χ0v) is 17.3. The molecule has 13 heteroatoms. The van der Waals surface area contributed by atoms with Crippen molar-refractivity contribution in [3.05, 3.63) is 75.3 Å². The molecule has 1 amide bonds. The minimum atomic E-state index is -4.63. The van der Waals surface area contributed by atoms with Gasteiger partial charge in [0, 0.05) is 5.02 Å². The van der Waals surface area contributed by atoms with Crippen LogP contribution in [-0.2, 0) is 17.5 Å². The molecule has 0 aliphatic heterocycles. The van der Waals surface area contributed by atoms with E-state index in [1.165, 1.54) is 29.5 Å². The van der Waals surface area contributed by atoms with Gasteiger partial charge in [0.25, 0.3) is 5.56 Å². The van der Waals surface area contributed by atoms with Crippen LogP contribution in [0.4, 0.5) is 18.9 Å². The van der Waals surface area contributed by atoms with E-state index in [0.29, 0.717) is 0 Å². The average molecular weight is 483 g/mol. The van der Waals surface area contributed by atoms with E-state index in [1.807, 2.05) is 0 Å². The molecule has 0 radical (unpaired) electrons. The molecule has 32 heavy (non-hydrogen) atoms. The maximum Gasteiger partial charge on any atom is 0.416 e. The van der Waals surface area contributed by atoms with E-state index in [-0.39, 0.29) is 32.3 Å². The number of halogens is 5. The van der Waals surface area contributed by atoms with Crippen molar-refractivity contribution in [3.8, 4) is 5.69 Å². The van der Waals surface area contributed by atoms with Crippen molar-refractivity contribution in [1.29, 1.82) is 0 Å². The molecule has 0 fully saturated rings. The monoisotopic (exact) mass is 482 g/mol. The molecule has 2 aromatic carbocycles. The van der Waals surface area contributed by atoms with Crippen molar-refractivity contribution in [2.45, 2.75) is 12.7 Å². The predicted molar refractivity (Wildman–Crippen MR) is 111 cm³/mol. The number of aromatic nitrogens is 5. The lowest BCUT2D eigenvalue weighted by Crippen LogP contribution is -2.28. The van der Waals surface area contributed by atoms with Gasteiger partial charge in [-0.1, -0.05) is 23.2 Å². The Morgan fingerprint density at radius 3 is 2.59 bits per heavy atom. The number of alkyl halides is 3. The van der Waals surface area contributed by atoms with Crippen LogP contribution >= 0.6 is 23.2 Å². The number of benzene rings is 2. The Kier molecular flexibility index (Phi) is 5.61. The molecular weight excluding hydrogens is 472 g/mol. The number of fused-ring (bicyclic) bond motifs is 1. The average Bonchev–Trinajstić information content (AvgIpc) is 3.24. The van der Waals surface area contributed by atoms with E-state index < -0.39 is 29.8 Å². The van der Waals surface area contributed by atoms with Crippen molar-refractivity contribution < 1.29 is 18.0 Å². The van der Waals surface area contributed by atoms with Crippen LogP contribution in [0.1, 0.15) is 5.56 Å². The first-order valence-corrected chi connectivity index (χ1v) is 9.59. The third-order valence-corrected chi connectivity index (χ3v) is 4.93. The SMILES string of the molecule is O=C(Cn1cnc2c(Cl)cc(Cl)cc2c1=O)Nc1cc(C(F)(F)F)ccc1-n1cncn1. The third kappa shape index (κ3) is 4.30. The van der Waals surface area contributed by atoms with Gasteiger partial charge in [0.1, 0.15) is 19.2 Å². The highest BCUT2D eigenvalue weighted by Crippen LogP contribution is 2.33. The second-order valence-corrected chi connectivity index (χ2v) is 7.42. The van der Waals surface area contributed by atoms with Gasteiger partial charge in [-0.25, -0.2) is 14.6 Å². The van der Waals surface area contributed by atoms with Crippen molar-refractivity contribution in [1.82, 2.24) is 24.3 Å². The Balaban J connectivity index is 1.67. The number of anilines is 1. The standard InChI is InChI=1S/C19H11Cl2F3N6O2/c20-11-4-12-17(13(21)5-11)26-9-29(18(12)32)6-16(31)28-14-3-10(19(22,23)24)1-2-15(14)30-8-25-7-27-30/h1-5,7-9H,6H2,(H,28,31). The first kappa shape index (κ1) is 21.8. The van der Waals surface area contributed by atoms with Crippen LogP contribution in [0.25, 0.3) is 16.6 Å². The van der Waals surface area contributed by atoms with Crippen molar-refractivity contribution >= 4 is 45.7 Å².